The number of likely N-dealkylation sites (N-methyl/N-ethyl adjacent to an activating group) is 1. The number of hydrogen-bond donors (Lipinski definition) is 1. The van der Waals surface area contributed by atoms with Crippen LogP contribution in [0.15, 0.2) is 30.5 Å². The van der Waals surface area contributed by atoms with Crippen molar-refractivity contribution in [3.8, 4) is 0 Å². The van der Waals surface area contributed by atoms with Gasteiger partial charge in [0.2, 0.25) is 5.91 Å². The minimum Gasteiger partial charge on any atom is -0.343 e. The van der Waals surface area contributed by atoms with Gasteiger partial charge in [-0.2, -0.15) is 0 Å². The van der Waals surface area contributed by atoms with Gasteiger partial charge in [-0.3, -0.25) is 14.5 Å². The predicted molar refractivity (Wildman–Crippen MR) is 124 cm³/mol. The van der Waals surface area contributed by atoms with E-state index in [1.54, 1.807) is 22.7 Å². The highest BCUT2D eigenvalue weighted by molar-refractivity contribution is 6.36. The second kappa shape index (κ2) is 9.42. The Kier molecular flexibility index (Phi) is 6.65. The van der Waals surface area contributed by atoms with Crippen LogP contribution in [0.4, 0.5) is 17.1 Å². The molecule has 0 atom stereocenters. The molecule has 2 aliphatic heterocycles. The molecule has 31 heavy (non-hydrogen) atoms. The van der Waals surface area contributed by atoms with Crippen molar-refractivity contribution in [3.05, 3.63) is 41.2 Å². The summed E-state index contributed by atoms with van der Waals surface area (Å²) in [5, 5.41) is 3.31. The minimum absolute atomic E-state index is 0.0436. The van der Waals surface area contributed by atoms with Gasteiger partial charge in [-0.1, -0.05) is 30.2 Å². The number of anilines is 3. The van der Waals surface area contributed by atoms with E-state index in [9.17, 15) is 9.59 Å². The molecule has 1 fully saturated rings. The average molecular weight is 444 g/mol. The average Bonchev–Trinajstić information content (AvgIpc) is 2.96. The molecule has 2 aromatic rings. The quantitative estimate of drug-likeness (QED) is 0.691. The van der Waals surface area contributed by atoms with Crippen LogP contribution in [0.2, 0.25) is 5.02 Å². The van der Waals surface area contributed by atoms with Crippen molar-refractivity contribution in [2.24, 2.45) is 7.05 Å². The zero-order valence-electron chi connectivity index (χ0n) is 18.2. The van der Waals surface area contributed by atoms with Crippen LogP contribution in [-0.4, -0.2) is 66.0 Å². The van der Waals surface area contributed by atoms with Crippen molar-refractivity contribution in [2.75, 3.05) is 50.0 Å². The molecule has 4 rings (SSSR count). The summed E-state index contributed by atoms with van der Waals surface area (Å²) < 4.78 is 1.68. The highest BCUT2D eigenvalue weighted by Gasteiger charge is 2.33. The van der Waals surface area contributed by atoms with E-state index < -0.39 is 0 Å². The predicted octanol–water partition coefficient (Wildman–Crippen LogP) is 3.72. The van der Waals surface area contributed by atoms with Gasteiger partial charge < -0.3 is 19.7 Å². The summed E-state index contributed by atoms with van der Waals surface area (Å²) in [4.78, 5) is 32.6. The van der Waals surface area contributed by atoms with Crippen LogP contribution in [0.25, 0.3) is 0 Å². The van der Waals surface area contributed by atoms with Gasteiger partial charge in [-0.25, -0.2) is 0 Å². The summed E-state index contributed by atoms with van der Waals surface area (Å²) in [6, 6.07) is 7.36. The highest BCUT2D eigenvalue weighted by atomic mass is 35.5. The number of benzene rings is 1. The smallest absolute Gasteiger partial charge is 0.274 e. The Morgan fingerprint density at radius 1 is 1.06 bits per heavy atom. The molecule has 0 bridgehead atoms. The Labute approximate surface area is 188 Å². The standard InChI is InChI=1S/C23H30ClN5O2/c1-26-12-14-28(15-13-26)11-7-3-4-10-20(30)29-19-9-6-5-8-18(19)25-23(31)22-21(29)17(24)16-27(22)2/h5-6,8-9,16H,3-4,7,10-15H2,1-2H3,(H,25,31). The molecule has 0 aliphatic carbocycles. The SMILES string of the molecule is CN1CCN(CCCCCC(=O)N2c3ccccc3NC(=O)c3c2c(Cl)cn3C)CC1. The lowest BCUT2D eigenvalue weighted by Gasteiger charge is -2.32. The topological polar surface area (TPSA) is 60.8 Å². The lowest BCUT2D eigenvalue weighted by Crippen LogP contribution is -2.44. The van der Waals surface area contributed by atoms with Gasteiger partial charge in [-0.05, 0) is 38.6 Å². The number of carbonyl (C=O) groups is 2. The zero-order valence-corrected chi connectivity index (χ0v) is 19.0. The van der Waals surface area contributed by atoms with Gasteiger partial charge in [0, 0.05) is 45.8 Å². The summed E-state index contributed by atoms with van der Waals surface area (Å²) in [6.07, 6.45) is 4.99. The zero-order chi connectivity index (χ0) is 22.0. The monoisotopic (exact) mass is 443 g/mol. The van der Waals surface area contributed by atoms with E-state index in [-0.39, 0.29) is 11.8 Å². The van der Waals surface area contributed by atoms with E-state index in [0.29, 0.717) is 34.2 Å². The number of fused-ring (bicyclic) bond motifs is 2. The fraction of sp³-hybridized carbons (Fsp3) is 0.478. The number of carbonyl (C=O) groups excluding carboxylic acids is 2. The fourth-order valence-corrected chi connectivity index (χ4v) is 4.68. The van der Waals surface area contributed by atoms with Gasteiger partial charge >= 0.3 is 0 Å². The second-order valence-electron chi connectivity index (χ2n) is 8.44. The van der Waals surface area contributed by atoms with E-state index in [4.69, 9.17) is 11.6 Å². The summed E-state index contributed by atoms with van der Waals surface area (Å²) in [7, 11) is 3.93. The lowest BCUT2D eigenvalue weighted by molar-refractivity contribution is -0.118. The summed E-state index contributed by atoms with van der Waals surface area (Å²) >= 11 is 6.48. The maximum Gasteiger partial charge on any atom is 0.274 e. The van der Waals surface area contributed by atoms with Gasteiger partial charge in [0.25, 0.3) is 5.91 Å². The molecule has 166 valence electrons. The van der Waals surface area contributed by atoms with E-state index in [2.05, 4.69) is 22.2 Å². The second-order valence-corrected chi connectivity index (χ2v) is 8.85. The summed E-state index contributed by atoms with van der Waals surface area (Å²) in [5.41, 5.74) is 2.13. The third-order valence-corrected chi connectivity index (χ3v) is 6.43. The van der Waals surface area contributed by atoms with Crippen LogP contribution < -0.4 is 10.2 Å². The van der Waals surface area contributed by atoms with E-state index in [0.717, 1.165) is 52.0 Å². The summed E-state index contributed by atoms with van der Waals surface area (Å²) in [6.45, 7) is 5.58. The number of nitrogens with zero attached hydrogens (tertiary/aromatic N) is 4. The number of halogens is 1. The van der Waals surface area contributed by atoms with Crippen molar-refractivity contribution < 1.29 is 9.59 Å². The first-order valence-electron chi connectivity index (χ1n) is 10.9. The van der Waals surface area contributed by atoms with Crippen LogP contribution in [0, 0.1) is 0 Å². The number of nitrogens with one attached hydrogen (secondary N) is 1. The van der Waals surface area contributed by atoms with Gasteiger partial charge in [-0.15, -0.1) is 0 Å². The Morgan fingerprint density at radius 3 is 2.58 bits per heavy atom. The van der Waals surface area contributed by atoms with Crippen LogP contribution in [0.1, 0.15) is 36.2 Å². The summed E-state index contributed by atoms with van der Waals surface area (Å²) in [5.74, 6) is -0.308. The molecular weight excluding hydrogens is 414 g/mol. The number of piperazine rings is 1. The molecule has 1 saturated heterocycles. The third kappa shape index (κ3) is 4.63. The highest BCUT2D eigenvalue weighted by Crippen LogP contribution is 2.42. The molecular formula is C23H30ClN5O2. The molecule has 2 amide bonds. The lowest BCUT2D eigenvalue weighted by atomic mass is 10.1. The molecule has 1 aromatic heterocycles. The number of aryl methyl sites for hydroxylation is 1. The molecule has 8 heteroatoms. The van der Waals surface area contributed by atoms with Crippen molar-refractivity contribution in [1.82, 2.24) is 14.4 Å². The molecule has 0 saturated carbocycles. The van der Waals surface area contributed by atoms with E-state index in [1.165, 1.54) is 0 Å². The van der Waals surface area contributed by atoms with Crippen molar-refractivity contribution in [2.45, 2.75) is 25.7 Å². The van der Waals surface area contributed by atoms with Crippen molar-refractivity contribution >= 4 is 40.5 Å². The number of para-hydroxylation sites is 2. The molecule has 3 heterocycles. The number of aromatic nitrogens is 1. The van der Waals surface area contributed by atoms with E-state index >= 15 is 0 Å². The molecule has 0 radical (unpaired) electrons. The Bertz CT molecular complexity index is 965. The number of unbranched alkanes of at least 4 members (excludes halogenated alkanes) is 2. The third-order valence-electron chi connectivity index (χ3n) is 6.15. The van der Waals surface area contributed by atoms with Crippen molar-refractivity contribution in [3.63, 3.8) is 0 Å². The van der Waals surface area contributed by atoms with Crippen molar-refractivity contribution in [1.29, 1.82) is 0 Å². The first-order chi connectivity index (χ1) is 15.0. The molecule has 0 unspecified atom stereocenters. The molecule has 0 spiro atoms. The number of rotatable bonds is 6. The first kappa shape index (κ1) is 21.9. The van der Waals surface area contributed by atoms with Crippen LogP contribution in [0.3, 0.4) is 0 Å². The van der Waals surface area contributed by atoms with Crippen LogP contribution in [-0.2, 0) is 11.8 Å². The molecule has 7 nitrogen and oxygen atoms in total. The Morgan fingerprint density at radius 2 is 1.81 bits per heavy atom. The fourth-order valence-electron chi connectivity index (χ4n) is 4.36. The minimum atomic E-state index is -0.265. The van der Waals surface area contributed by atoms with Gasteiger partial charge in [0.05, 0.1) is 22.1 Å². The normalized spacial score (nSPS) is 17.1. The largest absolute Gasteiger partial charge is 0.343 e. The Hall–Kier alpha value is -2.35. The molecule has 1 aromatic carbocycles. The van der Waals surface area contributed by atoms with E-state index in [1.807, 2.05) is 24.3 Å². The van der Waals surface area contributed by atoms with Crippen LogP contribution >= 0.6 is 11.6 Å². The molecule has 2 aliphatic rings. The van der Waals surface area contributed by atoms with Crippen LogP contribution in [0.5, 0.6) is 0 Å². The number of amides is 2. The van der Waals surface area contributed by atoms with Gasteiger partial charge in [0.1, 0.15) is 5.69 Å². The first-order valence-corrected chi connectivity index (χ1v) is 11.3. The van der Waals surface area contributed by atoms with Gasteiger partial charge in [0.15, 0.2) is 0 Å². The number of hydrogen-bond acceptors (Lipinski definition) is 4. The Balaban J connectivity index is 1.44. The maximum absolute atomic E-state index is 13.3. The maximum atomic E-state index is 13.3. The molecule has 1 N–H and O–H groups in total.